The van der Waals surface area contributed by atoms with Crippen molar-refractivity contribution in [1.29, 1.82) is 0 Å². The van der Waals surface area contributed by atoms with Crippen LogP contribution >= 0.6 is 28.3 Å². The summed E-state index contributed by atoms with van der Waals surface area (Å²) >= 11 is 3.43. The van der Waals surface area contributed by atoms with E-state index < -0.39 is 0 Å². The van der Waals surface area contributed by atoms with Gasteiger partial charge in [0.15, 0.2) is 0 Å². The van der Waals surface area contributed by atoms with E-state index in [4.69, 9.17) is 10.5 Å². The van der Waals surface area contributed by atoms with Crippen molar-refractivity contribution in [2.45, 2.75) is 18.3 Å². The first-order valence-electron chi connectivity index (χ1n) is 7.64. The van der Waals surface area contributed by atoms with Gasteiger partial charge in [-0.3, -0.25) is 4.79 Å². The molecule has 1 saturated carbocycles. The molecule has 0 spiro atoms. The molecule has 0 bridgehead atoms. The van der Waals surface area contributed by atoms with Crippen molar-refractivity contribution in [1.82, 2.24) is 0 Å². The monoisotopic (exact) mass is 410 g/mol. The molecule has 6 heteroatoms. The van der Waals surface area contributed by atoms with Gasteiger partial charge in [0.05, 0.1) is 5.41 Å². The maximum absolute atomic E-state index is 12.7. The number of nitrogens with two attached hydrogens (primary N) is 1. The van der Waals surface area contributed by atoms with Crippen molar-refractivity contribution in [3.8, 4) is 5.75 Å². The molecule has 2 aromatic carbocycles. The van der Waals surface area contributed by atoms with Crippen LogP contribution < -0.4 is 15.8 Å². The topological polar surface area (TPSA) is 64.3 Å². The molecule has 1 aliphatic rings. The fraction of sp³-hybridized carbons (Fsp3) is 0.278. The van der Waals surface area contributed by atoms with Crippen molar-refractivity contribution in [2.24, 2.45) is 5.73 Å². The number of amides is 1. The minimum Gasteiger partial charge on any atom is -0.492 e. The molecule has 1 aliphatic carbocycles. The minimum absolute atomic E-state index is 0. The summed E-state index contributed by atoms with van der Waals surface area (Å²) in [6.07, 6.45) is 1.77. The van der Waals surface area contributed by atoms with E-state index >= 15 is 0 Å². The molecular formula is C18H20BrClN2O2. The predicted molar refractivity (Wildman–Crippen MR) is 102 cm³/mol. The van der Waals surface area contributed by atoms with Crippen LogP contribution in [0.25, 0.3) is 0 Å². The average Bonchev–Trinajstić information content (AvgIpc) is 3.37. The Bertz CT molecular complexity index is 685. The van der Waals surface area contributed by atoms with Crippen molar-refractivity contribution in [3.63, 3.8) is 0 Å². The molecule has 0 radical (unpaired) electrons. The third kappa shape index (κ3) is 4.09. The lowest BCUT2D eigenvalue weighted by molar-refractivity contribution is -0.118. The summed E-state index contributed by atoms with van der Waals surface area (Å²) in [4.78, 5) is 12.7. The first-order chi connectivity index (χ1) is 11.1. The highest BCUT2D eigenvalue weighted by atomic mass is 79.9. The van der Waals surface area contributed by atoms with E-state index in [-0.39, 0.29) is 23.7 Å². The van der Waals surface area contributed by atoms with Crippen LogP contribution in [0.4, 0.5) is 5.69 Å². The van der Waals surface area contributed by atoms with Crippen LogP contribution in [0.3, 0.4) is 0 Å². The largest absolute Gasteiger partial charge is 0.492 e. The fourth-order valence-corrected chi connectivity index (χ4v) is 2.87. The predicted octanol–water partition coefficient (Wildman–Crippen LogP) is 3.88. The highest BCUT2D eigenvalue weighted by Crippen LogP contribution is 2.49. The SMILES string of the molecule is Cl.NCCOc1ccc(NC(=O)C2(c3ccc(Br)cc3)CC2)cc1. The lowest BCUT2D eigenvalue weighted by Crippen LogP contribution is -2.27. The molecule has 128 valence electrons. The van der Waals surface area contributed by atoms with Crippen LogP contribution in [0.1, 0.15) is 18.4 Å². The van der Waals surface area contributed by atoms with Crippen LogP contribution in [-0.4, -0.2) is 19.1 Å². The number of rotatable bonds is 6. The second-order valence-corrected chi connectivity index (χ2v) is 6.62. The lowest BCUT2D eigenvalue weighted by Gasteiger charge is -2.16. The zero-order valence-electron chi connectivity index (χ0n) is 13.1. The highest BCUT2D eigenvalue weighted by molar-refractivity contribution is 9.10. The molecule has 0 aliphatic heterocycles. The van der Waals surface area contributed by atoms with Gasteiger partial charge in [0.2, 0.25) is 5.91 Å². The van der Waals surface area contributed by atoms with Crippen LogP contribution in [-0.2, 0) is 10.2 Å². The standard InChI is InChI=1S/C18H19BrN2O2.ClH/c19-14-3-1-13(2-4-14)18(9-10-18)17(22)21-15-5-7-16(8-6-15)23-12-11-20;/h1-8H,9-12,20H2,(H,21,22);1H. The minimum atomic E-state index is -0.380. The van der Waals surface area contributed by atoms with Crippen molar-refractivity contribution < 1.29 is 9.53 Å². The smallest absolute Gasteiger partial charge is 0.235 e. The van der Waals surface area contributed by atoms with E-state index in [2.05, 4.69) is 21.2 Å². The van der Waals surface area contributed by atoms with E-state index in [1.54, 1.807) is 0 Å². The van der Waals surface area contributed by atoms with Crippen molar-refractivity contribution in [3.05, 3.63) is 58.6 Å². The Hall–Kier alpha value is -1.56. The fourth-order valence-electron chi connectivity index (χ4n) is 2.60. The molecule has 0 heterocycles. The summed E-state index contributed by atoms with van der Waals surface area (Å²) in [5.74, 6) is 0.804. The molecule has 0 unspecified atom stereocenters. The number of nitrogens with one attached hydrogen (secondary N) is 1. The van der Waals surface area contributed by atoms with Gasteiger partial charge in [-0.15, -0.1) is 12.4 Å². The molecule has 0 atom stereocenters. The second-order valence-electron chi connectivity index (χ2n) is 5.70. The quantitative estimate of drug-likeness (QED) is 0.758. The molecule has 1 fully saturated rings. The van der Waals surface area contributed by atoms with Crippen LogP contribution in [0.5, 0.6) is 5.75 Å². The number of hydrogen-bond donors (Lipinski definition) is 2. The number of benzene rings is 2. The summed E-state index contributed by atoms with van der Waals surface area (Å²) in [7, 11) is 0. The van der Waals surface area contributed by atoms with Gasteiger partial charge < -0.3 is 15.8 Å². The number of carbonyl (C=O) groups excluding carboxylic acids is 1. The lowest BCUT2D eigenvalue weighted by atomic mass is 9.95. The summed E-state index contributed by atoms with van der Waals surface area (Å²) in [6, 6.07) is 15.4. The maximum Gasteiger partial charge on any atom is 0.235 e. The third-order valence-electron chi connectivity index (χ3n) is 4.08. The number of ether oxygens (including phenoxy) is 1. The Morgan fingerprint density at radius 2 is 1.75 bits per heavy atom. The molecule has 0 saturated heterocycles. The second kappa shape index (κ2) is 8.01. The maximum atomic E-state index is 12.7. The normalized spacial score (nSPS) is 14.4. The molecule has 4 nitrogen and oxygen atoms in total. The van der Waals surface area contributed by atoms with E-state index in [0.717, 1.165) is 34.3 Å². The van der Waals surface area contributed by atoms with Crippen LogP contribution in [0.15, 0.2) is 53.0 Å². The van der Waals surface area contributed by atoms with E-state index in [0.29, 0.717) is 13.2 Å². The van der Waals surface area contributed by atoms with E-state index in [1.165, 1.54) is 0 Å². The van der Waals surface area contributed by atoms with Gasteiger partial charge in [-0.05, 0) is 54.8 Å². The van der Waals surface area contributed by atoms with Crippen LogP contribution in [0, 0.1) is 0 Å². The van der Waals surface area contributed by atoms with Crippen molar-refractivity contribution in [2.75, 3.05) is 18.5 Å². The van der Waals surface area contributed by atoms with Gasteiger partial charge in [0.1, 0.15) is 12.4 Å². The molecule has 2 aromatic rings. The summed E-state index contributed by atoms with van der Waals surface area (Å²) in [5.41, 5.74) is 6.87. The van der Waals surface area contributed by atoms with Crippen molar-refractivity contribution >= 4 is 39.9 Å². The van der Waals surface area contributed by atoms with Gasteiger partial charge >= 0.3 is 0 Å². The molecule has 3 N–H and O–H groups in total. The Kier molecular flexibility index (Phi) is 6.27. The third-order valence-corrected chi connectivity index (χ3v) is 4.61. The number of anilines is 1. The Labute approximate surface area is 156 Å². The van der Waals surface area contributed by atoms with Crippen LogP contribution in [0.2, 0.25) is 0 Å². The van der Waals surface area contributed by atoms with Gasteiger partial charge in [-0.25, -0.2) is 0 Å². The molecule has 1 amide bonds. The first-order valence-corrected chi connectivity index (χ1v) is 8.44. The number of halogens is 2. The summed E-state index contributed by atoms with van der Waals surface area (Å²) in [5, 5.41) is 3.01. The van der Waals surface area contributed by atoms with Gasteiger partial charge in [0, 0.05) is 16.7 Å². The van der Waals surface area contributed by atoms with Gasteiger partial charge in [0.25, 0.3) is 0 Å². The summed E-state index contributed by atoms with van der Waals surface area (Å²) in [6.45, 7) is 0.965. The first kappa shape index (κ1) is 18.8. The van der Waals surface area contributed by atoms with Gasteiger partial charge in [-0.1, -0.05) is 28.1 Å². The molecule has 3 rings (SSSR count). The molecular weight excluding hydrogens is 392 g/mol. The number of carbonyl (C=O) groups is 1. The zero-order valence-corrected chi connectivity index (χ0v) is 15.5. The Morgan fingerprint density at radius 1 is 1.12 bits per heavy atom. The Morgan fingerprint density at radius 3 is 2.29 bits per heavy atom. The number of hydrogen-bond acceptors (Lipinski definition) is 3. The Balaban J connectivity index is 0.00000208. The van der Waals surface area contributed by atoms with E-state index in [9.17, 15) is 4.79 Å². The molecule has 24 heavy (non-hydrogen) atoms. The molecule has 0 aromatic heterocycles. The summed E-state index contributed by atoms with van der Waals surface area (Å²) < 4.78 is 6.45. The van der Waals surface area contributed by atoms with E-state index in [1.807, 2.05) is 48.5 Å². The van der Waals surface area contributed by atoms with Gasteiger partial charge in [-0.2, -0.15) is 0 Å². The highest BCUT2D eigenvalue weighted by Gasteiger charge is 2.51. The average molecular weight is 412 g/mol. The zero-order chi connectivity index (χ0) is 16.3.